The van der Waals surface area contributed by atoms with E-state index >= 15 is 0 Å². The second kappa shape index (κ2) is 8.22. The van der Waals surface area contributed by atoms with Crippen molar-refractivity contribution in [2.24, 2.45) is 0 Å². The molecule has 3 aromatic heterocycles. The van der Waals surface area contributed by atoms with E-state index in [1.165, 1.54) is 19.3 Å². The van der Waals surface area contributed by atoms with Gasteiger partial charge in [0, 0.05) is 48.8 Å². The second-order valence-electron chi connectivity index (χ2n) is 6.85. The van der Waals surface area contributed by atoms with Crippen LogP contribution in [0.25, 0.3) is 22.0 Å². The molecule has 3 aromatic rings. The van der Waals surface area contributed by atoms with Gasteiger partial charge >= 0.3 is 0 Å². The quantitative estimate of drug-likeness (QED) is 0.757. The minimum absolute atomic E-state index is 0.143. The van der Waals surface area contributed by atoms with Crippen LogP contribution in [0, 0.1) is 0 Å². The lowest BCUT2D eigenvalue weighted by Gasteiger charge is -2.26. The highest BCUT2D eigenvalue weighted by Crippen LogP contribution is 2.27. The molecule has 0 radical (unpaired) electrons. The number of carbonyl (C=O) groups is 1. The molecule has 0 saturated carbocycles. The molecule has 0 aliphatic carbocycles. The molecule has 138 valence electrons. The summed E-state index contributed by atoms with van der Waals surface area (Å²) in [6.07, 6.45) is 10.8. The van der Waals surface area contributed by atoms with Crippen LogP contribution in [0.4, 0.5) is 0 Å². The van der Waals surface area contributed by atoms with Crippen LogP contribution in [0.3, 0.4) is 0 Å². The third kappa shape index (κ3) is 4.11. The fraction of sp³-hybridized carbons (Fsp3) is 0.333. The average molecular weight is 361 g/mol. The molecule has 1 saturated heterocycles. The van der Waals surface area contributed by atoms with Crippen LogP contribution in [0.15, 0.2) is 49.1 Å². The van der Waals surface area contributed by atoms with Crippen molar-refractivity contribution in [3.63, 3.8) is 0 Å². The summed E-state index contributed by atoms with van der Waals surface area (Å²) >= 11 is 0. The summed E-state index contributed by atoms with van der Waals surface area (Å²) in [5, 5.41) is 3.93. The first-order valence-electron chi connectivity index (χ1n) is 9.47. The summed E-state index contributed by atoms with van der Waals surface area (Å²) in [5.41, 5.74) is 3.04. The minimum Gasteiger partial charge on any atom is -0.349 e. The molecule has 1 N–H and O–H groups in total. The van der Waals surface area contributed by atoms with Gasteiger partial charge in [0.25, 0.3) is 5.91 Å². The number of pyridine rings is 3. The Hall–Kier alpha value is -2.86. The fourth-order valence-electron chi connectivity index (χ4n) is 3.55. The van der Waals surface area contributed by atoms with Gasteiger partial charge in [-0.25, -0.2) is 4.98 Å². The molecule has 0 aromatic carbocycles. The van der Waals surface area contributed by atoms with E-state index in [1.54, 1.807) is 24.8 Å². The SMILES string of the molecule is O=C(NCCN1CCCCC1)c1cc(-c2cccnc2)c2cnccc2n1. The lowest BCUT2D eigenvalue weighted by Crippen LogP contribution is -2.37. The number of amides is 1. The number of likely N-dealkylation sites (tertiary alicyclic amines) is 1. The number of carbonyl (C=O) groups excluding carboxylic acids is 1. The van der Waals surface area contributed by atoms with Crippen molar-refractivity contribution < 1.29 is 4.79 Å². The van der Waals surface area contributed by atoms with E-state index in [9.17, 15) is 4.79 Å². The van der Waals surface area contributed by atoms with Gasteiger partial charge in [-0.05, 0) is 49.7 Å². The lowest BCUT2D eigenvalue weighted by atomic mass is 10.0. The zero-order chi connectivity index (χ0) is 18.5. The highest BCUT2D eigenvalue weighted by Gasteiger charge is 2.14. The molecule has 4 rings (SSSR count). The van der Waals surface area contributed by atoms with Crippen LogP contribution < -0.4 is 5.32 Å². The average Bonchev–Trinajstić information content (AvgIpc) is 2.74. The Labute approximate surface area is 158 Å². The van der Waals surface area contributed by atoms with E-state index in [4.69, 9.17) is 0 Å². The van der Waals surface area contributed by atoms with Gasteiger partial charge in [0.2, 0.25) is 0 Å². The fourth-order valence-corrected chi connectivity index (χ4v) is 3.55. The molecule has 1 fully saturated rings. The summed E-state index contributed by atoms with van der Waals surface area (Å²) in [5.74, 6) is -0.143. The molecule has 1 aliphatic heterocycles. The number of hydrogen-bond donors (Lipinski definition) is 1. The Kier molecular flexibility index (Phi) is 5.34. The van der Waals surface area contributed by atoms with Gasteiger partial charge in [-0.3, -0.25) is 14.8 Å². The van der Waals surface area contributed by atoms with E-state index in [1.807, 2.05) is 24.3 Å². The Morgan fingerprint density at radius 2 is 1.93 bits per heavy atom. The van der Waals surface area contributed by atoms with E-state index in [0.29, 0.717) is 12.2 Å². The number of hydrogen-bond acceptors (Lipinski definition) is 5. The maximum atomic E-state index is 12.7. The van der Waals surface area contributed by atoms with E-state index in [2.05, 4.69) is 25.2 Å². The van der Waals surface area contributed by atoms with E-state index in [0.717, 1.165) is 41.7 Å². The lowest BCUT2D eigenvalue weighted by molar-refractivity contribution is 0.0942. The van der Waals surface area contributed by atoms with Crippen molar-refractivity contribution in [2.45, 2.75) is 19.3 Å². The van der Waals surface area contributed by atoms with Crippen LogP contribution in [-0.2, 0) is 0 Å². The first kappa shape index (κ1) is 17.5. The van der Waals surface area contributed by atoms with Gasteiger partial charge in [-0.15, -0.1) is 0 Å². The Bertz CT molecular complexity index is 922. The summed E-state index contributed by atoms with van der Waals surface area (Å²) in [6.45, 7) is 3.78. The second-order valence-corrected chi connectivity index (χ2v) is 6.85. The Morgan fingerprint density at radius 3 is 2.74 bits per heavy atom. The molecule has 0 bridgehead atoms. The maximum Gasteiger partial charge on any atom is 0.269 e. The Morgan fingerprint density at radius 1 is 1.07 bits per heavy atom. The first-order chi connectivity index (χ1) is 13.3. The smallest absolute Gasteiger partial charge is 0.269 e. The molecule has 6 heteroatoms. The summed E-state index contributed by atoms with van der Waals surface area (Å²) in [7, 11) is 0. The van der Waals surface area contributed by atoms with Crippen LogP contribution in [0.1, 0.15) is 29.8 Å². The van der Waals surface area contributed by atoms with Crippen molar-refractivity contribution in [2.75, 3.05) is 26.2 Å². The predicted molar refractivity (Wildman–Crippen MR) is 105 cm³/mol. The highest BCUT2D eigenvalue weighted by molar-refractivity contribution is 6.00. The number of fused-ring (bicyclic) bond motifs is 1. The normalized spacial score (nSPS) is 15.0. The topological polar surface area (TPSA) is 71.0 Å². The van der Waals surface area contributed by atoms with E-state index < -0.39 is 0 Å². The predicted octanol–water partition coefficient (Wildman–Crippen LogP) is 2.91. The number of nitrogens with one attached hydrogen (secondary N) is 1. The van der Waals surface area contributed by atoms with Crippen LogP contribution in [0.5, 0.6) is 0 Å². The van der Waals surface area contributed by atoms with Gasteiger partial charge in [-0.2, -0.15) is 0 Å². The number of nitrogens with zero attached hydrogens (tertiary/aromatic N) is 4. The summed E-state index contributed by atoms with van der Waals surface area (Å²) < 4.78 is 0. The van der Waals surface area contributed by atoms with Crippen molar-refractivity contribution in [3.8, 4) is 11.1 Å². The molecule has 6 nitrogen and oxygen atoms in total. The molecular formula is C21H23N5O. The van der Waals surface area contributed by atoms with Gasteiger partial charge in [0.15, 0.2) is 0 Å². The molecule has 0 atom stereocenters. The minimum atomic E-state index is -0.143. The third-order valence-corrected chi connectivity index (χ3v) is 4.98. The van der Waals surface area contributed by atoms with Crippen molar-refractivity contribution in [3.05, 3.63) is 54.7 Å². The molecule has 1 amide bonds. The maximum absolute atomic E-state index is 12.7. The third-order valence-electron chi connectivity index (χ3n) is 4.98. The number of piperidine rings is 1. The molecular weight excluding hydrogens is 338 g/mol. The van der Waals surface area contributed by atoms with E-state index in [-0.39, 0.29) is 5.91 Å². The zero-order valence-electron chi connectivity index (χ0n) is 15.3. The molecule has 0 unspecified atom stereocenters. The number of rotatable bonds is 5. The largest absolute Gasteiger partial charge is 0.349 e. The van der Waals surface area contributed by atoms with Gasteiger partial charge in [0.05, 0.1) is 5.52 Å². The van der Waals surface area contributed by atoms with Crippen molar-refractivity contribution in [1.29, 1.82) is 0 Å². The van der Waals surface area contributed by atoms with Crippen molar-refractivity contribution in [1.82, 2.24) is 25.2 Å². The van der Waals surface area contributed by atoms with Gasteiger partial charge in [0.1, 0.15) is 5.69 Å². The van der Waals surface area contributed by atoms with Crippen molar-refractivity contribution >= 4 is 16.8 Å². The van der Waals surface area contributed by atoms with Gasteiger partial charge < -0.3 is 10.2 Å². The van der Waals surface area contributed by atoms with Crippen LogP contribution in [0.2, 0.25) is 0 Å². The molecule has 4 heterocycles. The summed E-state index contributed by atoms with van der Waals surface area (Å²) in [4.78, 5) is 28.0. The molecule has 1 aliphatic rings. The van der Waals surface area contributed by atoms with Crippen LogP contribution >= 0.6 is 0 Å². The molecule has 0 spiro atoms. The van der Waals surface area contributed by atoms with Crippen LogP contribution in [-0.4, -0.2) is 51.9 Å². The first-order valence-corrected chi connectivity index (χ1v) is 9.47. The standard InChI is InChI=1S/C21H23N5O/c27-21(24-9-12-26-10-2-1-3-11-26)20-13-17(16-5-4-7-22-14-16)18-15-23-8-6-19(18)25-20/h4-8,13-15H,1-3,9-12H2,(H,24,27). The molecule has 27 heavy (non-hydrogen) atoms. The Balaban J connectivity index is 1.55. The monoisotopic (exact) mass is 361 g/mol. The number of aromatic nitrogens is 3. The highest BCUT2D eigenvalue weighted by atomic mass is 16.1. The zero-order valence-corrected chi connectivity index (χ0v) is 15.3. The van der Waals surface area contributed by atoms with Gasteiger partial charge in [-0.1, -0.05) is 12.5 Å². The summed E-state index contributed by atoms with van der Waals surface area (Å²) in [6, 6.07) is 7.53.